The molecule has 92 valence electrons. The fourth-order valence-corrected chi connectivity index (χ4v) is 1.73. The van der Waals surface area contributed by atoms with Crippen LogP contribution in [-0.2, 0) is 0 Å². The minimum Gasteiger partial charge on any atom is -0.441 e. The molecule has 3 nitrogen and oxygen atoms in total. The highest BCUT2D eigenvalue weighted by Gasteiger charge is 2.09. The Morgan fingerprint density at radius 1 is 1.29 bits per heavy atom. The molecule has 0 aliphatic rings. The summed E-state index contributed by atoms with van der Waals surface area (Å²) >= 11 is 0. The summed E-state index contributed by atoms with van der Waals surface area (Å²) in [4.78, 5) is 4.32. The molecule has 1 aromatic heterocycles. The molecule has 1 N–H and O–H groups in total. The van der Waals surface area contributed by atoms with Crippen molar-refractivity contribution >= 4 is 16.8 Å². The van der Waals surface area contributed by atoms with Gasteiger partial charge in [-0.2, -0.15) is 0 Å². The van der Waals surface area contributed by atoms with E-state index in [1.54, 1.807) is 0 Å². The smallest absolute Gasteiger partial charge is 0.192 e. The van der Waals surface area contributed by atoms with Crippen LogP contribution in [0.1, 0.15) is 33.1 Å². The van der Waals surface area contributed by atoms with Crippen molar-refractivity contribution in [3.05, 3.63) is 24.1 Å². The molecule has 3 heteroatoms. The molecule has 0 saturated carbocycles. The number of fused-ring (bicyclic) bond motifs is 1. The third kappa shape index (κ3) is 3.22. The first-order valence-electron chi connectivity index (χ1n) is 6.05. The van der Waals surface area contributed by atoms with Crippen LogP contribution in [0.15, 0.2) is 22.6 Å². The third-order valence-corrected chi connectivity index (χ3v) is 2.70. The van der Waals surface area contributed by atoms with Gasteiger partial charge in [0.15, 0.2) is 11.5 Å². The van der Waals surface area contributed by atoms with Crippen molar-refractivity contribution in [3.8, 4) is 0 Å². The van der Waals surface area contributed by atoms with Crippen molar-refractivity contribution < 1.29 is 4.42 Å². The zero-order valence-corrected chi connectivity index (χ0v) is 11.0. The topological polar surface area (TPSA) is 38.1 Å². The first kappa shape index (κ1) is 12.0. The summed E-state index contributed by atoms with van der Waals surface area (Å²) in [5, 5.41) is 3.42. The molecule has 2 aromatic rings. The lowest BCUT2D eigenvalue weighted by atomic mass is 9.92. The fourth-order valence-electron chi connectivity index (χ4n) is 1.73. The molecular formula is C14H20N2O. The van der Waals surface area contributed by atoms with Gasteiger partial charge in [0.05, 0.1) is 0 Å². The van der Waals surface area contributed by atoms with Crippen LogP contribution < -0.4 is 5.32 Å². The van der Waals surface area contributed by atoms with Crippen LogP contribution in [0.2, 0.25) is 0 Å². The Hall–Kier alpha value is -1.51. The fraction of sp³-hybridized carbons (Fsp3) is 0.500. The summed E-state index contributed by atoms with van der Waals surface area (Å²) in [6, 6.07) is 6.04. The van der Waals surface area contributed by atoms with E-state index in [-0.39, 0.29) is 0 Å². The van der Waals surface area contributed by atoms with E-state index in [9.17, 15) is 0 Å². The molecular weight excluding hydrogens is 212 g/mol. The van der Waals surface area contributed by atoms with Crippen LogP contribution in [0, 0.1) is 12.3 Å². The Balaban J connectivity index is 2.04. The Morgan fingerprint density at radius 2 is 2.06 bits per heavy atom. The molecule has 0 atom stereocenters. The first-order valence-corrected chi connectivity index (χ1v) is 6.05. The van der Waals surface area contributed by atoms with Crippen LogP contribution in [0.5, 0.6) is 0 Å². The number of anilines is 1. The van der Waals surface area contributed by atoms with Gasteiger partial charge >= 0.3 is 0 Å². The van der Waals surface area contributed by atoms with Gasteiger partial charge in [0, 0.05) is 19.2 Å². The average molecular weight is 232 g/mol. The van der Waals surface area contributed by atoms with Crippen molar-refractivity contribution in [2.24, 2.45) is 5.41 Å². The van der Waals surface area contributed by atoms with Crippen LogP contribution in [-0.4, -0.2) is 11.5 Å². The van der Waals surface area contributed by atoms with Crippen LogP contribution in [0.3, 0.4) is 0 Å². The highest BCUT2D eigenvalue weighted by molar-refractivity contribution is 5.77. The second-order valence-electron chi connectivity index (χ2n) is 5.65. The van der Waals surface area contributed by atoms with Gasteiger partial charge in [0.1, 0.15) is 5.52 Å². The second kappa shape index (κ2) is 4.40. The number of nitrogens with zero attached hydrogens (tertiary/aromatic N) is 1. The Bertz CT molecular complexity index is 508. The van der Waals surface area contributed by atoms with Gasteiger partial charge in [-0.25, -0.2) is 4.98 Å². The highest BCUT2D eigenvalue weighted by atomic mass is 16.3. The molecule has 2 rings (SSSR count). The van der Waals surface area contributed by atoms with Gasteiger partial charge in [0.25, 0.3) is 0 Å². The SMILES string of the molecule is Cc1nc2cc(NCCC(C)(C)C)ccc2o1. The quantitative estimate of drug-likeness (QED) is 0.869. The molecule has 0 saturated heterocycles. The van der Waals surface area contributed by atoms with Gasteiger partial charge in [-0.3, -0.25) is 0 Å². The van der Waals surface area contributed by atoms with E-state index in [4.69, 9.17) is 4.42 Å². The van der Waals surface area contributed by atoms with Crippen molar-refractivity contribution in [3.63, 3.8) is 0 Å². The first-order chi connectivity index (χ1) is 7.94. The maximum absolute atomic E-state index is 5.44. The molecule has 0 aliphatic heterocycles. The van der Waals surface area contributed by atoms with Crippen molar-refractivity contribution in [1.29, 1.82) is 0 Å². The molecule has 0 amide bonds. The summed E-state index contributed by atoms with van der Waals surface area (Å²) in [5.74, 6) is 0.715. The number of oxazole rings is 1. The standard InChI is InChI=1S/C14H20N2O/c1-10-16-12-9-11(5-6-13(12)17-10)15-8-7-14(2,3)4/h5-6,9,15H,7-8H2,1-4H3. The predicted molar refractivity (Wildman–Crippen MR) is 71.3 cm³/mol. The zero-order chi connectivity index (χ0) is 12.5. The summed E-state index contributed by atoms with van der Waals surface area (Å²) in [7, 11) is 0. The van der Waals surface area contributed by atoms with Crippen LogP contribution in [0.4, 0.5) is 5.69 Å². The summed E-state index contributed by atoms with van der Waals surface area (Å²) in [5.41, 5.74) is 3.24. The lowest BCUT2D eigenvalue weighted by molar-refractivity contribution is 0.390. The minimum absolute atomic E-state index is 0.363. The van der Waals surface area contributed by atoms with Crippen molar-refractivity contribution in [2.75, 3.05) is 11.9 Å². The van der Waals surface area contributed by atoms with Crippen LogP contribution >= 0.6 is 0 Å². The summed E-state index contributed by atoms with van der Waals surface area (Å²) in [6.45, 7) is 9.59. The van der Waals surface area contributed by atoms with Crippen molar-refractivity contribution in [1.82, 2.24) is 4.98 Å². The van der Waals surface area contributed by atoms with Gasteiger partial charge in [-0.05, 0) is 30.0 Å². The molecule has 0 fully saturated rings. The largest absolute Gasteiger partial charge is 0.441 e. The number of benzene rings is 1. The maximum atomic E-state index is 5.44. The van der Waals surface area contributed by atoms with Gasteiger partial charge in [-0.1, -0.05) is 20.8 Å². The molecule has 17 heavy (non-hydrogen) atoms. The Morgan fingerprint density at radius 3 is 2.76 bits per heavy atom. The lowest BCUT2D eigenvalue weighted by Crippen LogP contribution is -2.12. The monoisotopic (exact) mass is 232 g/mol. The maximum Gasteiger partial charge on any atom is 0.192 e. The van der Waals surface area contributed by atoms with E-state index in [1.165, 1.54) is 0 Å². The minimum atomic E-state index is 0.363. The van der Waals surface area contributed by atoms with Crippen LogP contribution in [0.25, 0.3) is 11.1 Å². The zero-order valence-electron chi connectivity index (χ0n) is 11.0. The van der Waals surface area contributed by atoms with E-state index in [0.29, 0.717) is 11.3 Å². The molecule has 0 radical (unpaired) electrons. The number of rotatable bonds is 3. The number of hydrogen-bond donors (Lipinski definition) is 1. The molecule has 0 aliphatic carbocycles. The molecule has 1 heterocycles. The van der Waals surface area contributed by atoms with Gasteiger partial charge in [-0.15, -0.1) is 0 Å². The van der Waals surface area contributed by atoms with E-state index in [2.05, 4.69) is 31.1 Å². The molecule has 0 unspecified atom stereocenters. The molecule has 0 bridgehead atoms. The number of hydrogen-bond acceptors (Lipinski definition) is 3. The van der Waals surface area contributed by atoms with E-state index < -0.39 is 0 Å². The summed E-state index contributed by atoms with van der Waals surface area (Å²) in [6.07, 6.45) is 1.14. The predicted octanol–water partition coefficient (Wildman–Crippen LogP) is 3.98. The second-order valence-corrected chi connectivity index (χ2v) is 5.65. The highest BCUT2D eigenvalue weighted by Crippen LogP contribution is 2.21. The van der Waals surface area contributed by atoms with E-state index in [0.717, 1.165) is 29.8 Å². The number of nitrogens with one attached hydrogen (secondary N) is 1. The summed E-state index contributed by atoms with van der Waals surface area (Å²) < 4.78 is 5.44. The third-order valence-electron chi connectivity index (χ3n) is 2.70. The Kier molecular flexibility index (Phi) is 3.09. The average Bonchev–Trinajstić information content (AvgIpc) is 2.55. The number of aryl methyl sites for hydroxylation is 1. The normalized spacial score (nSPS) is 12.0. The lowest BCUT2D eigenvalue weighted by Gasteiger charge is -2.18. The van der Waals surface area contributed by atoms with E-state index >= 15 is 0 Å². The molecule has 1 aromatic carbocycles. The van der Waals surface area contributed by atoms with Gasteiger partial charge in [0.2, 0.25) is 0 Å². The van der Waals surface area contributed by atoms with Crippen molar-refractivity contribution in [2.45, 2.75) is 34.1 Å². The Labute approximate surface area is 102 Å². The van der Waals surface area contributed by atoms with E-state index in [1.807, 2.05) is 25.1 Å². The number of aromatic nitrogens is 1. The molecule has 0 spiro atoms. The van der Waals surface area contributed by atoms with Gasteiger partial charge < -0.3 is 9.73 Å².